The van der Waals surface area contributed by atoms with Crippen LogP contribution < -0.4 is 21.9 Å². The molecule has 0 aliphatic carbocycles. The number of hydrogen-bond donors (Lipinski definition) is 5. The van der Waals surface area contributed by atoms with Gasteiger partial charge in [-0.2, -0.15) is 0 Å². The van der Waals surface area contributed by atoms with E-state index >= 15 is 0 Å². The van der Waals surface area contributed by atoms with E-state index in [0.29, 0.717) is 16.1 Å². The molecule has 2 aromatic heterocycles. The molecule has 0 bridgehead atoms. The molecular formula is C24H21N5O4S. The third-order valence-corrected chi connectivity index (χ3v) is 5.91. The van der Waals surface area contributed by atoms with Crippen LogP contribution in [0, 0.1) is 0 Å². The molecule has 10 heteroatoms. The third kappa shape index (κ3) is 5.03. The highest BCUT2D eigenvalue weighted by atomic mass is 32.1. The Morgan fingerprint density at radius 2 is 1.74 bits per heavy atom. The topological polar surface area (TPSA) is 150 Å². The molecule has 2 aromatic carbocycles. The van der Waals surface area contributed by atoms with Gasteiger partial charge in [0.1, 0.15) is 6.04 Å². The highest BCUT2D eigenvalue weighted by Crippen LogP contribution is 2.32. The molecule has 1 unspecified atom stereocenters. The number of nitrogens with one attached hydrogen (secondary N) is 3. The van der Waals surface area contributed by atoms with Gasteiger partial charge in [0.25, 0.3) is 11.5 Å². The molecule has 2 amide bonds. The van der Waals surface area contributed by atoms with Crippen molar-refractivity contribution >= 4 is 28.8 Å². The highest BCUT2D eigenvalue weighted by molar-refractivity contribution is 7.14. The summed E-state index contributed by atoms with van der Waals surface area (Å²) in [5.41, 5.74) is 6.63. The van der Waals surface area contributed by atoms with Crippen molar-refractivity contribution in [3.05, 3.63) is 99.3 Å². The minimum absolute atomic E-state index is 0.0336. The number of nitrogens with two attached hydrogens (primary N) is 1. The summed E-state index contributed by atoms with van der Waals surface area (Å²) < 4.78 is 0. The number of thiophene rings is 1. The zero-order valence-electron chi connectivity index (χ0n) is 17.8. The normalized spacial score (nSPS) is 11.6. The second-order valence-corrected chi connectivity index (χ2v) is 8.24. The van der Waals surface area contributed by atoms with Gasteiger partial charge in [-0.05, 0) is 22.6 Å². The number of carbonyl (C=O) groups excluding carboxylic acids is 2. The maximum Gasteiger partial charge on any atom is 0.294 e. The lowest BCUT2D eigenvalue weighted by Gasteiger charge is -2.13. The molecule has 4 rings (SSSR count). The maximum atomic E-state index is 12.7. The van der Waals surface area contributed by atoms with E-state index < -0.39 is 34.9 Å². The van der Waals surface area contributed by atoms with Gasteiger partial charge >= 0.3 is 0 Å². The maximum absolute atomic E-state index is 12.7. The van der Waals surface area contributed by atoms with Crippen LogP contribution >= 0.6 is 11.3 Å². The molecule has 1 atom stereocenters. The number of aromatic nitrogens is 2. The van der Waals surface area contributed by atoms with Gasteiger partial charge in [-0.15, -0.1) is 11.3 Å². The van der Waals surface area contributed by atoms with Crippen LogP contribution in [0.4, 0.5) is 5.69 Å². The standard InChI is InChI=1S/C24H21N5O4S/c25-17(15-9-5-2-6-10-15)22(31)27-16-11-12-34-20(16)21-28-18(19(30)24(33)29-21)23(32)26-13-14-7-3-1-4-8-14/h1-12,17,30H,13,25H2,(H,26,32)(H,27,31)(H,28,29,33). The average molecular weight is 476 g/mol. The van der Waals surface area contributed by atoms with Crippen molar-refractivity contribution in [2.24, 2.45) is 5.73 Å². The van der Waals surface area contributed by atoms with Crippen molar-refractivity contribution in [3.8, 4) is 16.5 Å². The van der Waals surface area contributed by atoms with Crippen LogP contribution in [0.1, 0.15) is 27.7 Å². The van der Waals surface area contributed by atoms with Crippen molar-refractivity contribution in [3.63, 3.8) is 0 Å². The van der Waals surface area contributed by atoms with E-state index in [0.717, 1.165) is 5.56 Å². The molecule has 34 heavy (non-hydrogen) atoms. The van der Waals surface area contributed by atoms with Gasteiger partial charge in [-0.3, -0.25) is 14.4 Å². The van der Waals surface area contributed by atoms with Gasteiger partial charge in [0.15, 0.2) is 11.5 Å². The number of carbonyl (C=O) groups is 2. The Kier molecular flexibility index (Phi) is 6.81. The molecule has 0 aliphatic rings. The molecule has 172 valence electrons. The summed E-state index contributed by atoms with van der Waals surface area (Å²) in [6.45, 7) is 0.195. The number of anilines is 1. The van der Waals surface area contributed by atoms with Crippen molar-refractivity contribution in [1.82, 2.24) is 15.3 Å². The number of benzene rings is 2. The fourth-order valence-electron chi connectivity index (χ4n) is 3.21. The Morgan fingerprint density at radius 3 is 2.44 bits per heavy atom. The first-order chi connectivity index (χ1) is 16.4. The molecule has 0 radical (unpaired) electrons. The van der Waals surface area contributed by atoms with E-state index in [4.69, 9.17) is 5.73 Å². The Hall–Kier alpha value is -4.28. The van der Waals surface area contributed by atoms with E-state index in [-0.39, 0.29) is 12.4 Å². The summed E-state index contributed by atoms with van der Waals surface area (Å²) in [5.74, 6) is -1.91. The zero-order chi connectivity index (χ0) is 24.1. The van der Waals surface area contributed by atoms with Crippen molar-refractivity contribution in [1.29, 1.82) is 0 Å². The van der Waals surface area contributed by atoms with Gasteiger partial charge in [-0.1, -0.05) is 60.7 Å². The number of hydrogen-bond acceptors (Lipinski definition) is 7. The predicted octanol–water partition coefficient (Wildman–Crippen LogP) is 2.77. The molecule has 9 nitrogen and oxygen atoms in total. The van der Waals surface area contributed by atoms with Crippen LogP contribution in [-0.4, -0.2) is 26.9 Å². The lowest BCUT2D eigenvalue weighted by atomic mass is 10.1. The molecule has 0 saturated heterocycles. The van der Waals surface area contributed by atoms with Gasteiger partial charge in [0, 0.05) is 6.54 Å². The van der Waals surface area contributed by atoms with Gasteiger partial charge in [0.2, 0.25) is 11.7 Å². The first kappa shape index (κ1) is 22.9. The van der Waals surface area contributed by atoms with Crippen LogP contribution in [0.5, 0.6) is 5.75 Å². The van der Waals surface area contributed by atoms with Gasteiger partial charge < -0.3 is 26.5 Å². The summed E-state index contributed by atoms with van der Waals surface area (Å²) >= 11 is 1.20. The molecule has 6 N–H and O–H groups in total. The SMILES string of the molecule is NC(C(=O)Nc1ccsc1-c1nc(C(=O)NCc2ccccc2)c(O)c(=O)[nH]1)c1ccccc1. The Bertz CT molecular complexity index is 1370. The van der Waals surface area contributed by atoms with Crippen LogP contribution in [0.25, 0.3) is 10.7 Å². The number of aromatic amines is 1. The summed E-state index contributed by atoms with van der Waals surface area (Å²) in [6.07, 6.45) is 0. The second kappa shape index (κ2) is 10.1. The fourth-order valence-corrected chi connectivity index (χ4v) is 4.00. The Labute approximate surface area is 198 Å². The largest absolute Gasteiger partial charge is 0.501 e. The smallest absolute Gasteiger partial charge is 0.294 e. The van der Waals surface area contributed by atoms with E-state index in [1.807, 2.05) is 36.4 Å². The highest BCUT2D eigenvalue weighted by Gasteiger charge is 2.22. The summed E-state index contributed by atoms with van der Waals surface area (Å²) in [5, 5.41) is 17.2. The van der Waals surface area contributed by atoms with E-state index in [9.17, 15) is 19.5 Å². The van der Waals surface area contributed by atoms with Crippen molar-refractivity contribution < 1.29 is 14.7 Å². The van der Waals surface area contributed by atoms with Crippen molar-refractivity contribution in [2.45, 2.75) is 12.6 Å². The van der Waals surface area contributed by atoms with Crippen LogP contribution in [0.2, 0.25) is 0 Å². The number of amides is 2. The number of H-pyrrole nitrogens is 1. The molecule has 2 heterocycles. The molecular weight excluding hydrogens is 454 g/mol. The first-order valence-corrected chi connectivity index (χ1v) is 11.2. The van der Waals surface area contributed by atoms with Gasteiger partial charge in [0.05, 0.1) is 10.6 Å². The quantitative estimate of drug-likeness (QED) is 0.277. The van der Waals surface area contributed by atoms with Crippen molar-refractivity contribution in [2.75, 3.05) is 5.32 Å². The minimum atomic E-state index is -0.903. The summed E-state index contributed by atoms with van der Waals surface area (Å²) in [7, 11) is 0. The Morgan fingerprint density at radius 1 is 1.06 bits per heavy atom. The molecule has 0 saturated carbocycles. The monoisotopic (exact) mass is 475 g/mol. The minimum Gasteiger partial charge on any atom is -0.501 e. The van der Waals surface area contributed by atoms with E-state index in [2.05, 4.69) is 20.6 Å². The second-order valence-electron chi connectivity index (χ2n) is 7.32. The lowest BCUT2D eigenvalue weighted by molar-refractivity contribution is -0.117. The third-order valence-electron chi connectivity index (χ3n) is 4.99. The fraction of sp³-hybridized carbons (Fsp3) is 0.0833. The molecule has 4 aromatic rings. The lowest BCUT2D eigenvalue weighted by Crippen LogP contribution is -2.28. The number of rotatable bonds is 7. The van der Waals surface area contributed by atoms with E-state index in [1.165, 1.54) is 11.3 Å². The molecule has 0 fully saturated rings. The Balaban J connectivity index is 1.57. The summed E-state index contributed by atoms with van der Waals surface area (Å²) in [6, 6.07) is 18.8. The number of aromatic hydroxyl groups is 1. The van der Waals surface area contributed by atoms with Gasteiger partial charge in [-0.25, -0.2) is 4.98 Å². The van der Waals surface area contributed by atoms with Crippen LogP contribution in [-0.2, 0) is 11.3 Å². The number of nitrogens with zero attached hydrogens (tertiary/aromatic N) is 1. The first-order valence-electron chi connectivity index (χ1n) is 10.3. The van der Waals surface area contributed by atoms with E-state index in [1.54, 1.807) is 35.7 Å². The zero-order valence-corrected chi connectivity index (χ0v) is 18.6. The predicted molar refractivity (Wildman–Crippen MR) is 129 cm³/mol. The summed E-state index contributed by atoms with van der Waals surface area (Å²) in [4.78, 5) is 44.7. The van der Waals surface area contributed by atoms with Crippen LogP contribution in [0.15, 0.2) is 76.9 Å². The molecule has 0 aliphatic heterocycles. The molecule has 0 spiro atoms. The average Bonchev–Trinajstić information content (AvgIpc) is 3.32. The van der Waals surface area contributed by atoms with Crippen LogP contribution in [0.3, 0.4) is 0 Å².